The number of hydrogen-bond acceptors (Lipinski definition) is 2. The van der Waals surface area contributed by atoms with Gasteiger partial charge in [-0.3, -0.25) is 4.90 Å². The number of anilines is 3. The Labute approximate surface area is 271 Å². The van der Waals surface area contributed by atoms with Crippen LogP contribution in [0.4, 0.5) is 17.1 Å². The smallest absolute Gasteiger partial charge is 0.0618 e. The average Bonchev–Trinajstić information content (AvgIpc) is 3.14. The van der Waals surface area contributed by atoms with Gasteiger partial charge in [-0.15, -0.1) is 0 Å². The van der Waals surface area contributed by atoms with Crippen molar-refractivity contribution < 1.29 is 0 Å². The third-order valence-electron chi connectivity index (χ3n) is 9.60. The SMILES string of the molecule is CN1C(C)(C)c2ccc(-c3c4ccccc4c(N(c4ccc(Br)cc4)c4ccc(Br)cc4)c4ccccc34)cc2C1(C)C. The summed E-state index contributed by atoms with van der Waals surface area (Å²) in [7, 11) is 2.25. The molecule has 0 radical (unpaired) electrons. The standard InChI is InChI=1S/C39H34Br2N2/c1-38(2)34-23-14-25(24-35(34)39(3,4)42(38)5)36-30-10-6-8-12-32(30)37(33-13-9-7-11-31(33)36)43(28-19-15-26(40)16-20-28)29-21-17-27(41)18-22-29/h6-24H,1-5H3. The number of fused-ring (bicyclic) bond motifs is 3. The lowest BCUT2D eigenvalue weighted by molar-refractivity contribution is 0.0730. The van der Waals surface area contributed by atoms with Crippen molar-refractivity contribution in [2.75, 3.05) is 11.9 Å². The van der Waals surface area contributed by atoms with Gasteiger partial charge >= 0.3 is 0 Å². The predicted octanol–water partition coefficient (Wildman–Crippen LogP) is 12.1. The van der Waals surface area contributed by atoms with Crippen molar-refractivity contribution in [2.24, 2.45) is 0 Å². The molecular formula is C39H34Br2N2. The molecule has 4 heteroatoms. The quantitative estimate of drug-likeness (QED) is 0.170. The van der Waals surface area contributed by atoms with Gasteiger partial charge in [-0.1, -0.05) is 92.5 Å². The van der Waals surface area contributed by atoms with Gasteiger partial charge in [0.1, 0.15) is 0 Å². The molecule has 0 aromatic heterocycles. The molecule has 1 aliphatic rings. The lowest BCUT2D eigenvalue weighted by Gasteiger charge is -2.37. The van der Waals surface area contributed by atoms with E-state index in [1.807, 2.05) is 0 Å². The summed E-state index contributed by atoms with van der Waals surface area (Å²) in [5, 5.41) is 4.94. The molecule has 0 saturated heterocycles. The summed E-state index contributed by atoms with van der Waals surface area (Å²) in [5.74, 6) is 0. The Bertz CT molecular complexity index is 1900. The second kappa shape index (κ2) is 10.3. The van der Waals surface area contributed by atoms with E-state index in [9.17, 15) is 0 Å². The van der Waals surface area contributed by atoms with E-state index in [0.29, 0.717) is 0 Å². The summed E-state index contributed by atoms with van der Waals surface area (Å²) < 4.78 is 2.12. The molecule has 0 saturated carbocycles. The van der Waals surface area contributed by atoms with Crippen molar-refractivity contribution in [3.8, 4) is 11.1 Å². The van der Waals surface area contributed by atoms with E-state index >= 15 is 0 Å². The minimum absolute atomic E-state index is 0.0266. The van der Waals surface area contributed by atoms with Gasteiger partial charge in [-0.05, 0) is 122 Å². The van der Waals surface area contributed by atoms with Crippen LogP contribution in [0.15, 0.2) is 124 Å². The van der Waals surface area contributed by atoms with Crippen LogP contribution >= 0.6 is 31.9 Å². The molecule has 0 atom stereocenters. The van der Waals surface area contributed by atoms with Crippen molar-refractivity contribution in [3.63, 3.8) is 0 Å². The average molecular weight is 691 g/mol. The number of nitrogens with zero attached hydrogens (tertiary/aromatic N) is 2. The van der Waals surface area contributed by atoms with Crippen LogP contribution in [0.1, 0.15) is 38.8 Å². The minimum Gasteiger partial charge on any atom is -0.309 e. The Morgan fingerprint density at radius 3 is 1.47 bits per heavy atom. The van der Waals surface area contributed by atoms with Gasteiger partial charge in [0, 0.05) is 42.2 Å². The summed E-state index contributed by atoms with van der Waals surface area (Å²) in [4.78, 5) is 4.90. The highest BCUT2D eigenvalue weighted by atomic mass is 79.9. The summed E-state index contributed by atoms with van der Waals surface area (Å²) in [6.07, 6.45) is 0. The fourth-order valence-electron chi connectivity index (χ4n) is 7.04. The Morgan fingerprint density at radius 2 is 0.977 bits per heavy atom. The van der Waals surface area contributed by atoms with Crippen molar-refractivity contribution in [2.45, 2.75) is 38.8 Å². The lowest BCUT2D eigenvalue weighted by Crippen LogP contribution is -2.42. The van der Waals surface area contributed by atoms with Gasteiger partial charge < -0.3 is 4.90 Å². The predicted molar refractivity (Wildman–Crippen MR) is 191 cm³/mol. The molecule has 6 aromatic rings. The van der Waals surface area contributed by atoms with E-state index in [1.54, 1.807) is 0 Å². The highest BCUT2D eigenvalue weighted by Gasteiger charge is 2.46. The van der Waals surface area contributed by atoms with E-state index in [0.717, 1.165) is 20.3 Å². The van der Waals surface area contributed by atoms with E-state index in [4.69, 9.17) is 0 Å². The maximum atomic E-state index is 3.64. The number of halogens is 2. The molecule has 2 nitrogen and oxygen atoms in total. The van der Waals surface area contributed by atoms with E-state index in [1.165, 1.54) is 49.5 Å². The largest absolute Gasteiger partial charge is 0.309 e. The molecule has 43 heavy (non-hydrogen) atoms. The molecule has 0 spiro atoms. The summed E-state index contributed by atoms with van der Waals surface area (Å²) >= 11 is 7.29. The zero-order valence-electron chi connectivity index (χ0n) is 25.1. The van der Waals surface area contributed by atoms with Crippen LogP contribution in [0, 0.1) is 0 Å². The van der Waals surface area contributed by atoms with E-state index in [-0.39, 0.29) is 11.1 Å². The van der Waals surface area contributed by atoms with Crippen LogP contribution in [-0.4, -0.2) is 11.9 Å². The zero-order valence-corrected chi connectivity index (χ0v) is 28.3. The second-order valence-electron chi connectivity index (χ2n) is 12.5. The fourth-order valence-corrected chi connectivity index (χ4v) is 7.57. The first-order valence-corrected chi connectivity index (χ1v) is 16.3. The first kappa shape index (κ1) is 28.3. The summed E-state index contributed by atoms with van der Waals surface area (Å²) in [6, 6.07) is 42.2. The highest BCUT2D eigenvalue weighted by molar-refractivity contribution is 9.10. The third-order valence-corrected chi connectivity index (χ3v) is 10.7. The fraction of sp³-hybridized carbons (Fsp3) is 0.179. The van der Waals surface area contributed by atoms with Crippen LogP contribution in [0.5, 0.6) is 0 Å². The molecule has 0 aliphatic carbocycles. The molecule has 1 heterocycles. The van der Waals surface area contributed by atoms with Gasteiger partial charge in [0.15, 0.2) is 0 Å². The Morgan fingerprint density at radius 1 is 0.535 bits per heavy atom. The Kier molecular flexibility index (Phi) is 6.81. The van der Waals surface area contributed by atoms with Crippen molar-refractivity contribution in [3.05, 3.63) is 135 Å². The first-order chi connectivity index (χ1) is 20.6. The topological polar surface area (TPSA) is 6.48 Å². The van der Waals surface area contributed by atoms with E-state index in [2.05, 4.69) is 192 Å². The normalized spacial score (nSPS) is 15.6. The molecule has 0 fully saturated rings. The summed E-state index contributed by atoms with van der Waals surface area (Å²) in [6.45, 7) is 9.35. The maximum Gasteiger partial charge on any atom is 0.0618 e. The van der Waals surface area contributed by atoms with Crippen LogP contribution in [0.25, 0.3) is 32.7 Å². The maximum absolute atomic E-state index is 3.64. The van der Waals surface area contributed by atoms with Crippen LogP contribution in [0.2, 0.25) is 0 Å². The summed E-state index contributed by atoms with van der Waals surface area (Å²) in [5.41, 5.74) is 8.66. The Balaban J connectivity index is 1.56. The highest BCUT2D eigenvalue weighted by Crippen LogP contribution is 2.52. The van der Waals surface area contributed by atoms with Crippen molar-refractivity contribution >= 4 is 70.5 Å². The van der Waals surface area contributed by atoms with Crippen LogP contribution < -0.4 is 4.90 Å². The molecule has 6 aromatic carbocycles. The Hall–Kier alpha value is -3.44. The molecule has 0 bridgehead atoms. The third kappa shape index (κ3) is 4.46. The monoisotopic (exact) mass is 688 g/mol. The molecule has 0 unspecified atom stereocenters. The molecule has 214 valence electrons. The first-order valence-electron chi connectivity index (χ1n) is 14.7. The molecule has 7 rings (SSSR count). The molecule has 0 amide bonds. The van der Waals surface area contributed by atoms with Gasteiger partial charge in [0.05, 0.1) is 5.69 Å². The molecular weight excluding hydrogens is 656 g/mol. The van der Waals surface area contributed by atoms with Crippen LogP contribution in [-0.2, 0) is 11.1 Å². The zero-order chi connectivity index (χ0) is 30.1. The van der Waals surface area contributed by atoms with Crippen molar-refractivity contribution in [1.82, 2.24) is 4.90 Å². The van der Waals surface area contributed by atoms with Gasteiger partial charge in [-0.25, -0.2) is 0 Å². The van der Waals surface area contributed by atoms with Gasteiger partial charge in [0.2, 0.25) is 0 Å². The number of rotatable bonds is 4. The second-order valence-corrected chi connectivity index (χ2v) is 14.4. The minimum atomic E-state index is -0.0691. The lowest BCUT2D eigenvalue weighted by atomic mass is 9.85. The van der Waals surface area contributed by atoms with Gasteiger partial charge in [-0.2, -0.15) is 0 Å². The molecule has 1 aliphatic heterocycles. The molecule has 0 N–H and O–H groups in total. The van der Waals surface area contributed by atoms with Gasteiger partial charge in [0.25, 0.3) is 0 Å². The van der Waals surface area contributed by atoms with E-state index < -0.39 is 0 Å². The van der Waals surface area contributed by atoms with Crippen molar-refractivity contribution in [1.29, 1.82) is 0 Å². The number of hydrogen-bond donors (Lipinski definition) is 0. The number of benzene rings is 6. The van der Waals surface area contributed by atoms with Crippen LogP contribution in [0.3, 0.4) is 0 Å².